The van der Waals surface area contributed by atoms with Crippen LogP contribution in [0.1, 0.15) is 29.0 Å². The number of fused-ring (bicyclic) bond motifs is 3. The van der Waals surface area contributed by atoms with Crippen LogP contribution in [0.25, 0.3) is 11.3 Å². The van der Waals surface area contributed by atoms with Crippen LogP contribution in [-0.2, 0) is 6.18 Å². The first-order valence-electron chi connectivity index (χ1n) is 8.71. The van der Waals surface area contributed by atoms with Crippen molar-refractivity contribution >= 4 is 5.91 Å². The minimum Gasteiger partial charge on any atom is -0.451 e. The lowest BCUT2D eigenvalue weighted by Crippen LogP contribution is -2.57. The van der Waals surface area contributed by atoms with E-state index in [0.717, 1.165) is 44.6 Å². The Balaban J connectivity index is 1.48. The van der Waals surface area contributed by atoms with Gasteiger partial charge in [0.25, 0.3) is 5.91 Å². The van der Waals surface area contributed by atoms with Crippen LogP contribution >= 0.6 is 0 Å². The molecule has 26 heavy (non-hydrogen) atoms. The minimum absolute atomic E-state index is 0.104. The van der Waals surface area contributed by atoms with Gasteiger partial charge in [-0.1, -0.05) is 12.1 Å². The molecule has 1 amide bonds. The molecule has 3 saturated heterocycles. The Morgan fingerprint density at radius 2 is 1.92 bits per heavy atom. The Bertz CT molecular complexity index is 807. The fourth-order valence-electron chi connectivity index (χ4n) is 3.83. The van der Waals surface area contributed by atoms with E-state index < -0.39 is 11.7 Å². The molecule has 1 aromatic carbocycles. The molecule has 1 N–H and O–H groups in total. The highest BCUT2D eigenvalue weighted by Gasteiger charge is 2.35. The second kappa shape index (κ2) is 6.46. The normalized spacial score (nSPS) is 25.3. The number of halogens is 3. The molecule has 1 unspecified atom stereocenters. The Morgan fingerprint density at radius 1 is 1.15 bits per heavy atom. The van der Waals surface area contributed by atoms with Crippen LogP contribution in [-0.4, -0.2) is 36.5 Å². The molecule has 2 aromatic rings. The summed E-state index contributed by atoms with van der Waals surface area (Å²) in [5.74, 6) is 0.535. The van der Waals surface area contributed by atoms with Gasteiger partial charge in [-0.3, -0.25) is 4.79 Å². The van der Waals surface area contributed by atoms with E-state index in [1.165, 1.54) is 24.3 Å². The van der Waals surface area contributed by atoms with E-state index in [9.17, 15) is 18.0 Å². The summed E-state index contributed by atoms with van der Waals surface area (Å²) >= 11 is 0. The maximum atomic E-state index is 12.9. The first-order chi connectivity index (χ1) is 12.4. The SMILES string of the molecule is O=C(NC1CN2CCC1CC2)c1ccc(-c2cccc(C(F)(F)F)c2)o1. The van der Waals surface area contributed by atoms with Gasteiger partial charge in [-0.05, 0) is 56.1 Å². The molecule has 3 fully saturated rings. The van der Waals surface area contributed by atoms with E-state index in [2.05, 4.69) is 10.2 Å². The molecule has 1 atom stereocenters. The first-order valence-corrected chi connectivity index (χ1v) is 8.71. The molecule has 138 valence electrons. The molecule has 0 aliphatic carbocycles. The lowest BCUT2D eigenvalue weighted by atomic mass is 9.84. The molecule has 5 rings (SSSR count). The summed E-state index contributed by atoms with van der Waals surface area (Å²) in [6, 6.07) is 8.03. The van der Waals surface area contributed by atoms with Crippen molar-refractivity contribution in [2.24, 2.45) is 5.92 Å². The van der Waals surface area contributed by atoms with E-state index in [0.29, 0.717) is 11.5 Å². The van der Waals surface area contributed by atoms with E-state index in [4.69, 9.17) is 4.42 Å². The minimum atomic E-state index is -4.42. The van der Waals surface area contributed by atoms with Crippen molar-refractivity contribution in [3.05, 3.63) is 47.7 Å². The summed E-state index contributed by atoms with van der Waals surface area (Å²) in [7, 11) is 0. The number of carbonyl (C=O) groups excluding carboxylic acids is 1. The predicted molar refractivity (Wildman–Crippen MR) is 89.6 cm³/mol. The third-order valence-corrected chi connectivity index (χ3v) is 5.28. The van der Waals surface area contributed by atoms with Gasteiger partial charge >= 0.3 is 6.18 Å². The van der Waals surface area contributed by atoms with E-state index in [1.54, 1.807) is 0 Å². The van der Waals surface area contributed by atoms with Gasteiger partial charge in [0.2, 0.25) is 0 Å². The molecule has 0 saturated carbocycles. The quantitative estimate of drug-likeness (QED) is 0.901. The Kier molecular flexibility index (Phi) is 4.26. The van der Waals surface area contributed by atoms with Gasteiger partial charge in [-0.2, -0.15) is 13.2 Å². The molecule has 0 spiro atoms. The van der Waals surface area contributed by atoms with Crippen LogP contribution in [0.15, 0.2) is 40.8 Å². The van der Waals surface area contributed by atoms with Crippen molar-refractivity contribution in [1.82, 2.24) is 10.2 Å². The number of hydrogen-bond donors (Lipinski definition) is 1. The van der Waals surface area contributed by atoms with E-state index >= 15 is 0 Å². The van der Waals surface area contributed by atoms with Crippen molar-refractivity contribution in [2.45, 2.75) is 25.1 Å². The maximum Gasteiger partial charge on any atom is 0.416 e. The number of piperidine rings is 3. The second-order valence-electron chi connectivity index (χ2n) is 6.96. The summed E-state index contributed by atoms with van der Waals surface area (Å²) in [5, 5.41) is 3.01. The number of rotatable bonds is 3. The summed E-state index contributed by atoms with van der Waals surface area (Å²) < 4.78 is 44.1. The van der Waals surface area contributed by atoms with E-state index in [1.807, 2.05) is 0 Å². The number of nitrogens with one attached hydrogen (secondary N) is 1. The summed E-state index contributed by atoms with van der Waals surface area (Å²) in [4.78, 5) is 14.8. The molecule has 1 aromatic heterocycles. The summed E-state index contributed by atoms with van der Waals surface area (Å²) in [5.41, 5.74) is -0.452. The zero-order valence-electron chi connectivity index (χ0n) is 14.1. The van der Waals surface area contributed by atoms with Crippen LogP contribution in [0.2, 0.25) is 0 Å². The van der Waals surface area contributed by atoms with Crippen LogP contribution in [0.5, 0.6) is 0 Å². The summed E-state index contributed by atoms with van der Waals surface area (Å²) in [6.45, 7) is 3.01. The lowest BCUT2D eigenvalue weighted by molar-refractivity contribution is -0.137. The zero-order valence-corrected chi connectivity index (χ0v) is 14.1. The zero-order chi connectivity index (χ0) is 18.3. The van der Waals surface area contributed by atoms with Gasteiger partial charge in [0, 0.05) is 18.2 Å². The second-order valence-corrected chi connectivity index (χ2v) is 6.96. The Labute approximate surface area is 149 Å². The van der Waals surface area contributed by atoms with Gasteiger partial charge < -0.3 is 14.6 Å². The van der Waals surface area contributed by atoms with Crippen molar-refractivity contribution in [3.8, 4) is 11.3 Å². The molecule has 2 bridgehead atoms. The van der Waals surface area contributed by atoms with Crippen LogP contribution in [0.3, 0.4) is 0 Å². The molecule has 3 aliphatic rings. The molecule has 7 heteroatoms. The highest BCUT2D eigenvalue weighted by atomic mass is 19.4. The number of benzene rings is 1. The molecule has 4 heterocycles. The lowest BCUT2D eigenvalue weighted by Gasteiger charge is -2.44. The van der Waals surface area contributed by atoms with Gasteiger partial charge in [-0.15, -0.1) is 0 Å². The average Bonchev–Trinajstić information content (AvgIpc) is 3.12. The van der Waals surface area contributed by atoms with Gasteiger partial charge in [-0.25, -0.2) is 0 Å². The third-order valence-electron chi connectivity index (χ3n) is 5.28. The maximum absolute atomic E-state index is 12.9. The molecular weight excluding hydrogens is 345 g/mol. The molecule has 3 aliphatic heterocycles. The number of hydrogen-bond acceptors (Lipinski definition) is 3. The standard InChI is InChI=1S/C19H19F3N2O2/c20-19(21,22)14-3-1-2-13(10-14)16-4-5-17(26-16)18(25)23-15-11-24-8-6-12(15)7-9-24/h1-5,10,12,15H,6-9,11H2,(H,23,25). The molecule has 0 radical (unpaired) electrons. The van der Waals surface area contributed by atoms with Crippen molar-refractivity contribution < 1.29 is 22.4 Å². The van der Waals surface area contributed by atoms with Crippen molar-refractivity contribution in [1.29, 1.82) is 0 Å². The van der Waals surface area contributed by atoms with Crippen LogP contribution in [0, 0.1) is 5.92 Å². The highest BCUT2D eigenvalue weighted by Crippen LogP contribution is 2.33. The molecule has 4 nitrogen and oxygen atoms in total. The number of furan rings is 1. The van der Waals surface area contributed by atoms with E-state index in [-0.39, 0.29) is 23.5 Å². The fourth-order valence-corrected chi connectivity index (χ4v) is 3.83. The molecular formula is C19H19F3N2O2. The average molecular weight is 364 g/mol. The third kappa shape index (κ3) is 3.35. The summed E-state index contributed by atoms with van der Waals surface area (Å²) in [6.07, 6.45) is -2.25. The fraction of sp³-hybridized carbons (Fsp3) is 0.421. The topological polar surface area (TPSA) is 45.5 Å². The van der Waals surface area contributed by atoms with Crippen molar-refractivity contribution in [2.75, 3.05) is 19.6 Å². The van der Waals surface area contributed by atoms with Gasteiger partial charge in [0.1, 0.15) is 5.76 Å². The number of alkyl halides is 3. The number of carbonyl (C=O) groups is 1. The van der Waals surface area contributed by atoms with Crippen LogP contribution < -0.4 is 5.32 Å². The van der Waals surface area contributed by atoms with Crippen LogP contribution in [0.4, 0.5) is 13.2 Å². The Hall–Kier alpha value is -2.28. The first kappa shape index (κ1) is 17.1. The van der Waals surface area contributed by atoms with Gasteiger partial charge in [0.05, 0.1) is 5.56 Å². The largest absolute Gasteiger partial charge is 0.451 e. The predicted octanol–water partition coefficient (Wildman–Crippen LogP) is 3.79. The number of amides is 1. The number of nitrogens with zero attached hydrogens (tertiary/aromatic N) is 1. The highest BCUT2D eigenvalue weighted by molar-refractivity contribution is 5.92. The monoisotopic (exact) mass is 364 g/mol. The Morgan fingerprint density at radius 3 is 2.58 bits per heavy atom. The van der Waals surface area contributed by atoms with Crippen molar-refractivity contribution in [3.63, 3.8) is 0 Å². The van der Waals surface area contributed by atoms with Gasteiger partial charge in [0.15, 0.2) is 5.76 Å². The smallest absolute Gasteiger partial charge is 0.416 e.